The molecule has 0 saturated carbocycles. The van der Waals surface area contributed by atoms with E-state index in [4.69, 9.17) is 14.2 Å². The molecule has 0 aliphatic carbocycles. The fraction of sp³-hybridized carbons (Fsp3) is 0.522. The van der Waals surface area contributed by atoms with Gasteiger partial charge in [0.25, 0.3) is 5.91 Å². The van der Waals surface area contributed by atoms with Crippen LogP contribution in [0, 0.1) is 13.8 Å². The summed E-state index contributed by atoms with van der Waals surface area (Å²) in [6.07, 6.45) is 0.923. The number of aryl methyl sites for hydroxylation is 1. The van der Waals surface area contributed by atoms with Crippen LogP contribution in [0.15, 0.2) is 24.3 Å². The second kappa shape index (κ2) is 9.10. The fourth-order valence-corrected chi connectivity index (χ4v) is 4.14. The van der Waals surface area contributed by atoms with E-state index in [1.165, 1.54) is 0 Å². The Hall–Kier alpha value is -2.51. The molecule has 1 saturated heterocycles. The number of carbonyl (C=O) groups excluding carboxylic acids is 1. The molecule has 1 N–H and O–H groups in total. The molecule has 7 heteroatoms. The van der Waals surface area contributed by atoms with Gasteiger partial charge in [-0.05, 0) is 45.4 Å². The predicted molar refractivity (Wildman–Crippen MR) is 115 cm³/mol. The number of benzene rings is 1. The first-order valence-electron chi connectivity index (χ1n) is 10.7. The Kier molecular flexibility index (Phi) is 6.29. The van der Waals surface area contributed by atoms with Crippen molar-refractivity contribution in [1.29, 1.82) is 0 Å². The summed E-state index contributed by atoms with van der Waals surface area (Å²) in [6.45, 7) is 11.7. The van der Waals surface area contributed by atoms with Crippen LogP contribution >= 0.6 is 0 Å². The van der Waals surface area contributed by atoms with Crippen molar-refractivity contribution in [2.45, 2.75) is 33.2 Å². The number of rotatable bonds is 6. The Bertz CT molecular complexity index is 902. The highest BCUT2D eigenvalue weighted by Crippen LogP contribution is 2.33. The SMILES string of the molecule is Cc1cc(C(=O)NC(C)CCN2CCOCC2)c(C)n1-c1ccc2c(c1)OCCO2. The quantitative estimate of drug-likeness (QED) is 0.789. The first-order chi connectivity index (χ1) is 14.5. The Balaban J connectivity index is 1.44. The Morgan fingerprint density at radius 2 is 1.80 bits per heavy atom. The Morgan fingerprint density at radius 3 is 2.57 bits per heavy atom. The van der Waals surface area contributed by atoms with Gasteiger partial charge in [0.05, 0.1) is 18.8 Å². The van der Waals surface area contributed by atoms with Gasteiger partial charge >= 0.3 is 0 Å². The fourth-order valence-electron chi connectivity index (χ4n) is 4.14. The number of hydrogen-bond donors (Lipinski definition) is 1. The highest BCUT2D eigenvalue weighted by atomic mass is 16.6. The molecule has 1 aromatic heterocycles. The minimum absolute atomic E-state index is 0.0265. The summed E-state index contributed by atoms with van der Waals surface area (Å²) < 4.78 is 18.8. The third kappa shape index (κ3) is 4.47. The average molecular weight is 414 g/mol. The van der Waals surface area contributed by atoms with Gasteiger partial charge in [-0.1, -0.05) is 0 Å². The lowest BCUT2D eigenvalue weighted by molar-refractivity contribution is 0.0363. The normalized spacial score (nSPS) is 17.6. The molecule has 1 aromatic carbocycles. The van der Waals surface area contributed by atoms with Crippen molar-refractivity contribution in [3.63, 3.8) is 0 Å². The number of aromatic nitrogens is 1. The molecule has 0 spiro atoms. The van der Waals surface area contributed by atoms with E-state index in [-0.39, 0.29) is 11.9 Å². The zero-order valence-electron chi connectivity index (χ0n) is 18.1. The zero-order chi connectivity index (χ0) is 21.1. The number of amides is 1. The van der Waals surface area contributed by atoms with Gasteiger partial charge in [-0.2, -0.15) is 0 Å². The van der Waals surface area contributed by atoms with E-state index in [9.17, 15) is 4.79 Å². The van der Waals surface area contributed by atoms with Gasteiger partial charge in [0.2, 0.25) is 0 Å². The smallest absolute Gasteiger partial charge is 0.253 e. The molecule has 30 heavy (non-hydrogen) atoms. The van der Waals surface area contributed by atoms with Gasteiger partial charge in [0, 0.05) is 48.8 Å². The second-order valence-electron chi connectivity index (χ2n) is 8.07. The van der Waals surface area contributed by atoms with Gasteiger partial charge < -0.3 is 24.1 Å². The topological polar surface area (TPSA) is 65.0 Å². The summed E-state index contributed by atoms with van der Waals surface area (Å²) in [4.78, 5) is 15.3. The van der Waals surface area contributed by atoms with Crippen LogP contribution in [0.4, 0.5) is 0 Å². The molecule has 2 aliphatic rings. The summed E-state index contributed by atoms with van der Waals surface area (Å²) in [5, 5.41) is 3.16. The average Bonchev–Trinajstić information content (AvgIpc) is 3.06. The molecule has 0 radical (unpaired) electrons. The van der Waals surface area contributed by atoms with Crippen LogP contribution in [0.2, 0.25) is 0 Å². The highest BCUT2D eigenvalue weighted by molar-refractivity contribution is 5.96. The van der Waals surface area contributed by atoms with E-state index >= 15 is 0 Å². The van der Waals surface area contributed by atoms with Crippen molar-refractivity contribution in [3.8, 4) is 17.2 Å². The van der Waals surface area contributed by atoms with E-state index < -0.39 is 0 Å². The van der Waals surface area contributed by atoms with E-state index in [1.807, 2.05) is 38.1 Å². The van der Waals surface area contributed by atoms with Crippen molar-refractivity contribution in [1.82, 2.24) is 14.8 Å². The third-order valence-corrected chi connectivity index (χ3v) is 5.82. The predicted octanol–water partition coefficient (Wildman–Crippen LogP) is 2.71. The van der Waals surface area contributed by atoms with E-state index in [0.717, 1.165) is 67.8 Å². The lowest BCUT2D eigenvalue weighted by Gasteiger charge is -2.27. The highest BCUT2D eigenvalue weighted by Gasteiger charge is 2.20. The maximum Gasteiger partial charge on any atom is 0.253 e. The van der Waals surface area contributed by atoms with E-state index in [1.54, 1.807) is 0 Å². The summed E-state index contributed by atoms with van der Waals surface area (Å²) in [7, 11) is 0. The maximum atomic E-state index is 13.0. The number of morpholine rings is 1. The molecular formula is C23H31N3O4. The zero-order valence-corrected chi connectivity index (χ0v) is 18.1. The lowest BCUT2D eigenvalue weighted by atomic mass is 10.1. The molecule has 4 rings (SSSR count). The Morgan fingerprint density at radius 1 is 1.07 bits per heavy atom. The van der Waals surface area contributed by atoms with Crippen LogP contribution in [0.3, 0.4) is 0 Å². The van der Waals surface area contributed by atoms with Crippen LogP contribution in [-0.2, 0) is 4.74 Å². The summed E-state index contributed by atoms with van der Waals surface area (Å²) in [6, 6.07) is 7.96. The first kappa shape index (κ1) is 20.8. The largest absolute Gasteiger partial charge is 0.486 e. The van der Waals surface area contributed by atoms with Crippen LogP contribution < -0.4 is 14.8 Å². The molecule has 3 heterocycles. The van der Waals surface area contributed by atoms with Crippen molar-refractivity contribution in [2.75, 3.05) is 46.1 Å². The number of hydrogen-bond acceptors (Lipinski definition) is 5. The minimum atomic E-state index is -0.0265. The minimum Gasteiger partial charge on any atom is -0.486 e. The molecule has 1 amide bonds. The molecule has 1 fully saturated rings. The summed E-state index contributed by atoms with van der Waals surface area (Å²) in [5.41, 5.74) is 3.60. The second-order valence-corrected chi connectivity index (χ2v) is 8.07. The number of nitrogens with zero attached hydrogens (tertiary/aromatic N) is 2. The van der Waals surface area contributed by atoms with E-state index in [2.05, 4.69) is 21.7 Å². The number of ether oxygens (including phenoxy) is 3. The molecule has 1 unspecified atom stereocenters. The summed E-state index contributed by atoms with van der Waals surface area (Å²) >= 11 is 0. The van der Waals surface area contributed by atoms with Crippen molar-refractivity contribution < 1.29 is 19.0 Å². The number of fused-ring (bicyclic) bond motifs is 1. The van der Waals surface area contributed by atoms with Crippen LogP contribution in [0.25, 0.3) is 5.69 Å². The number of carbonyl (C=O) groups is 1. The maximum absolute atomic E-state index is 13.0. The molecule has 162 valence electrons. The van der Waals surface area contributed by atoms with Crippen LogP contribution in [-0.4, -0.2) is 67.5 Å². The van der Waals surface area contributed by atoms with Gasteiger partial charge in [0.15, 0.2) is 11.5 Å². The number of nitrogens with one attached hydrogen (secondary N) is 1. The van der Waals surface area contributed by atoms with Crippen molar-refractivity contribution in [3.05, 3.63) is 41.2 Å². The van der Waals surface area contributed by atoms with Gasteiger partial charge in [-0.25, -0.2) is 0 Å². The summed E-state index contributed by atoms with van der Waals surface area (Å²) in [5.74, 6) is 1.48. The van der Waals surface area contributed by atoms with E-state index in [0.29, 0.717) is 18.8 Å². The van der Waals surface area contributed by atoms with Gasteiger partial charge in [-0.3, -0.25) is 9.69 Å². The molecular weight excluding hydrogens is 382 g/mol. The molecule has 1 atom stereocenters. The van der Waals surface area contributed by atoms with Crippen LogP contribution in [0.1, 0.15) is 35.1 Å². The van der Waals surface area contributed by atoms with Gasteiger partial charge in [-0.15, -0.1) is 0 Å². The monoisotopic (exact) mass is 413 g/mol. The van der Waals surface area contributed by atoms with Crippen LogP contribution in [0.5, 0.6) is 11.5 Å². The molecule has 7 nitrogen and oxygen atoms in total. The standard InChI is InChI=1S/C23H31N3O4/c1-16(6-7-25-8-10-28-11-9-25)24-23(27)20-14-17(2)26(18(20)3)19-4-5-21-22(15-19)30-13-12-29-21/h4-5,14-16H,6-13H2,1-3H3,(H,24,27). The lowest BCUT2D eigenvalue weighted by Crippen LogP contribution is -2.40. The molecule has 2 aliphatic heterocycles. The Labute approximate surface area is 177 Å². The molecule has 2 aromatic rings. The van der Waals surface area contributed by atoms with Crippen molar-refractivity contribution >= 4 is 5.91 Å². The first-order valence-corrected chi connectivity index (χ1v) is 10.7. The third-order valence-electron chi connectivity index (χ3n) is 5.82. The van der Waals surface area contributed by atoms with Crippen molar-refractivity contribution in [2.24, 2.45) is 0 Å². The van der Waals surface area contributed by atoms with Gasteiger partial charge in [0.1, 0.15) is 13.2 Å². The molecule has 0 bridgehead atoms.